The van der Waals surface area contributed by atoms with Gasteiger partial charge in [0, 0.05) is 43.2 Å². The number of carbonyl (C=O) groups is 1. The molecular weight excluding hydrogens is 436 g/mol. The number of halogens is 2. The Balaban J connectivity index is 1.38. The van der Waals surface area contributed by atoms with Crippen molar-refractivity contribution in [3.63, 3.8) is 0 Å². The van der Waals surface area contributed by atoms with Gasteiger partial charge in [-0.2, -0.15) is 0 Å². The van der Waals surface area contributed by atoms with Crippen molar-refractivity contribution in [2.75, 3.05) is 39.4 Å². The van der Waals surface area contributed by atoms with Gasteiger partial charge in [-0.25, -0.2) is 13.8 Å². The summed E-state index contributed by atoms with van der Waals surface area (Å²) >= 11 is 1.33. The van der Waals surface area contributed by atoms with Crippen LogP contribution in [-0.2, 0) is 11.3 Å². The Morgan fingerprint density at radius 1 is 1.19 bits per heavy atom. The summed E-state index contributed by atoms with van der Waals surface area (Å²) in [5.74, 6) is -1.02. The van der Waals surface area contributed by atoms with Gasteiger partial charge in [0.15, 0.2) is 0 Å². The molecular formula is C23H23F2N3O3S. The molecule has 0 radical (unpaired) electrons. The van der Waals surface area contributed by atoms with Crippen LogP contribution < -0.4 is 10.1 Å². The summed E-state index contributed by atoms with van der Waals surface area (Å²) in [6.45, 7) is 4.43. The van der Waals surface area contributed by atoms with E-state index in [2.05, 4.69) is 15.2 Å². The number of hydrogen-bond donors (Lipinski definition) is 1. The quantitative estimate of drug-likeness (QED) is 0.556. The van der Waals surface area contributed by atoms with Crippen molar-refractivity contribution in [2.24, 2.45) is 0 Å². The number of benzene rings is 2. The Kier molecular flexibility index (Phi) is 7.41. The molecule has 0 saturated carbocycles. The van der Waals surface area contributed by atoms with E-state index in [1.165, 1.54) is 23.5 Å². The summed E-state index contributed by atoms with van der Waals surface area (Å²) in [4.78, 5) is 19.2. The normalized spacial score (nSPS) is 14.3. The predicted molar refractivity (Wildman–Crippen MR) is 118 cm³/mol. The molecule has 0 bridgehead atoms. The topological polar surface area (TPSA) is 63.7 Å². The number of aromatic nitrogens is 1. The Bertz CT molecular complexity index is 1070. The van der Waals surface area contributed by atoms with Gasteiger partial charge >= 0.3 is 0 Å². The van der Waals surface area contributed by atoms with Crippen molar-refractivity contribution in [1.29, 1.82) is 0 Å². The maximum absolute atomic E-state index is 13.9. The largest absolute Gasteiger partial charge is 0.488 e. The van der Waals surface area contributed by atoms with E-state index in [0.717, 1.165) is 38.9 Å². The zero-order valence-electron chi connectivity index (χ0n) is 17.4. The first kappa shape index (κ1) is 22.3. The van der Waals surface area contributed by atoms with E-state index in [9.17, 15) is 13.6 Å². The number of thiazole rings is 1. The van der Waals surface area contributed by atoms with Crippen LogP contribution in [0.25, 0.3) is 10.6 Å². The summed E-state index contributed by atoms with van der Waals surface area (Å²) < 4.78 is 38.1. The lowest BCUT2D eigenvalue weighted by atomic mass is 10.2. The summed E-state index contributed by atoms with van der Waals surface area (Å²) in [6, 6.07) is 10.6. The summed E-state index contributed by atoms with van der Waals surface area (Å²) in [5, 5.41) is 5.23. The fourth-order valence-electron chi connectivity index (χ4n) is 3.31. The van der Waals surface area contributed by atoms with Gasteiger partial charge in [0.1, 0.15) is 34.7 Å². The highest BCUT2D eigenvalue weighted by atomic mass is 32.1. The van der Waals surface area contributed by atoms with E-state index in [-0.39, 0.29) is 18.1 Å². The molecule has 9 heteroatoms. The first-order valence-electron chi connectivity index (χ1n) is 10.3. The van der Waals surface area contributed by atoms with Crippen LogP contribution in [0, 0.1) is 11.6 Å². The lowest BCUT2D eigenvalue weighted by Gasteiger charge is -2.26. The van der Waals surface area contributed by atoms with Crippen LogP contribution in [0.2, 0.25) is 0 Å². The van der Waals surface area contributed by atoms with Gasteiger partial charge in [0.25, 0.3) is 5.91 Å². The molecule has 0 unspecified atom stereocenters. The molecule has 0 spiro atoms. The fraction of sp³-hybridized carbons (Fsp3) is 0.304. The fourth-order valence-corrected chi connectivity index (χ4v) is 4.14. The molecule has 3 aromatic rings. The van der Waals surface area contributed by atoms with Crippen molar-refractivity contribution in [2.45, 2.75) is 6.61 Å². The van der Waals surface area contributed by atoms with Crippen LogP contribution in [-0.4, -0.2) is 55.2 Å². The molecule has 1 aliphatic rings. The van der Waals surface area contributed by atoms with Gasteiger partial charge in [-0.1, -0.05) is 12.1 Å². The molecule has 4 rings (SSSR count). The highest BCUT2D eigenvalue weighted by Crippen LogP contribution is 2.32. The zero-order chi connectivity index (χ0) is 22.3. The molecule has 1 aromatic heterocycles. The first-order valence-corrected chi connectivity index (χ1v) is 11.2. The summed E-state index contributed by atoms with van der Waals surface area (Å²) in [5.41, 5.74) is 1.29. The molecule has 1 aliphatic heterocycles. The molecule has 168 valence electrons. The van der Waals surface area contributed by atoms with Crippen molar-refractivity contribution in [1.82, 2.24) is 15.2 Å². The van der Waals surface area contributed by atoms with Crippen LogP contribution >= 0.6 is 11.3 Å². The lowest BCUT2D eigenvalue weighted by molar-refractivity contribution is 0.0383. The number of rotatable bonds is 8. The van der Waals surface area contributed by atoms with Crippen LogP contribution in [0.4, 0.5) is 8.78 Å². The van der Waals surface area contributed by atoms with E-state index in [4.69, 9.17) is 9.47 Å². The number of amides is 1. The van der Waals surface area contributed by atoms with E-state index in [1.807, 2.05) is 12.1 Å². The third-order valence-electron chi connectivity index (χ3n) is 5.07. The average Bonchev–Trinajstić information content (AvgIpc) is 3.30. The van der Waals surface area contributed by atoms with Gasteiger partial charge in [-0.05, 0) is 24.3 Å². The zero-order valence-corrected chi connectivity index (χ0v) is 18.2. The number of hydrogen-bond acceptors (Lipinski definition) is 6. The maximum Gasteiger partial charge on any atom is 0.270 e. The van der Waals surface area contributed by atoms with E-state index >= 15 is 0 Å². The molecule has 6 nitrogen and oxygen atoms in total. The molecule has 1 N–H and O–H groups in total. The van der Waals surface area contributed by atoms with Crippen molar-refractivity contribution < 1.29 is 23.0 Å². The number of ether oxygens (including phenoxy) is 2. The third-order valence-corrected chi connectivity index (χ3v) is 5.95. The highest BCUT2D eigenvalue weighted by Gasteiger charge is 2.16. The number of morpholine rings is 1. The predicted octanol–water partition coefficient (Wildman–Crippen LogP) is 3.73. The van der Waals surface area contributed by atoms with Crippen molar-refractivity contribution in [3.05, 3.63) is 70.7 Å². The van der Waals surface area contributed by atoms with Gasteiger partial charge in [-0.3, -0.25) is 9.69 Å². The van der Waals surface area contributed by atoms with E-state index in [1.54, 1.807) is 17.5 Å². The van der Waals surface area contributed by atoms with E-state index < -0.39 is 11.6 Å². The Labute approximate surface area is 188 Å². The standard InChI is InChI=1S/C23H23F2N3O3S/c24-17-6-5-16(19(25)13-17)14-31-21-4-2-1-3-18(21)23-27-20(15-32-23)22(29)26-7-8-28-9-11-30-12-10-28/h1-6,13,15H,7-12,14H2,(H,26,29). The van der Waals surface area contributed by atoms with Crippen molar-refractivity contribution >= 4 is 17.2 Å². The molecule has 2 aromatic carbocycles. The third kappa shape index (κ3) is 5.67. The Morgan fingerprint density at radius 2 is 2.00 bits per heavy atom. The molecule has 0 aliphatic carbocycles. The number of nitrogens with one attached hydrogen (secondary N) is 1. The van der Waals surface area contributed by atoms with Crippen molar-refractivity contribution in [3.8, 4) is 16.3 Å². The molecule has 2 heterocycles. The Hall–Kier alpha value is -2.88. The van der Waals surface area contributed by atoms with Gasteiger partial charge in [0.2, 0.25) is 0 Å². The minimum atomic E-state index is -0.659. The minimum Gasteiger partial charge on any atom is -0.488 e. The molecule has 1 saturated heterocycles. The first-order chi connectivity index (χ1) is 15.6. The molecule has 1 fully saturated rings. The number of carbonyl (C=O) groups excluding carboxylic acids is 1. The van der Waals surface area contributed by atoms with Crippen LogP contribution in [0.1, 0.15) is 16.1 Å². The number of para-hydroxylation sites is 1. The second-order valence-electron chi connectivity index (χ2n) is 7.27. The second-order valence-corrected chi connectivity index (χ2v) is 8.13. The van der Waals surface area contributed by atoms with Crippen LogP contribution in [0.5, 0.6) is 5.75 Å². The monoisotopic (exact) mass is 459 g/mol. The SMILES string of the molecule is O=C(NCCN1CCOCC1)c1csc(-c2ccccc2OCc2ccc(F)cc2F)n1. The molecule has 0 atom stereocenters. The van der Waals surface area contributed by atoms with E-state index in [0.29, 0.717) is 28.6 Å². The average molecular weight is 460 g/mol. The van der Waals surface area contributed by atoms with Gasteiger partial charge in [-0.15, -0.1) is 11.3 Å². The molecule has 1 amide bonds. The van der Waals surface area contributed by atoms with Gasteiger partial charge in [0.05, 0.1) is 18.8 Å². The number of nitrogens with zero attached hydrogens (tertiary/aromatic N) is 2. The van der Waals surface area contributed by atoms with Crippen LogP contribution in [0.15, 0.2) is 47.8 Å². The van der Waals surface area contributed by atoms with Gasteiger partial charge < -0.3 is 14.8 Å². The minimum absolute atomic E-state index is 0.0522. The smallest absolute Gasteiger partial charge is 0.270 e. The Morgan fingerprint density at radius 3 is 2.81 bits per heavy atom. The maximum atomic E-state index is 13.9. The summed E-state index contributed by atoms with van der Waals surface area (Å²) in [6.07, 6.45) is 0. The highest BCUT2D eigenvalue weighted by molar-refractivity contribution is 7.13. The molecule has 32 heavy (non-hydrogen) atoms. The summed E-state index contributed by atoms with van der Waals surface area (Å²) in [7, 11) is 0. The van der Waals surface area contributed by atoms with Crippen LogP contribution in [0.3, 0.4) is 0 Å². The lowest BCUT2D eigenvalue weighted by Crippen LogP contribution is -2.41. The second kappa shape index (κ2) is 10.6.